The molecule has 2 aromatic carbocycles. The average molecular weight is 330 g/mol. The minimum Gasteiger partial charge on any atom is -0.492 e. The predicted molar refractivity (Wildman–Crippen MR) is 90.2 cm³/mol. The second kappa shape index (κ2) is 6.75. The fourth-order valence-corrected chi connectivity index (χ4v) is 2.62. The molecule has 0 spiro atoms. The molecule has 1 aromatic heterocycles. The zero-order valence-corrected chi connectivity index (χ0v) is 13.4. The lowest BCUT2D eigenvalue weighted by Crippen LogP contribution is -2.08. The van der Waals surface area contributed by atoms with Crippen LogP contribution in [0.1, 0.15) is 10.4 Å². The highest BCUT2D eigenvalue weighted by Crippen LogP contribution is 2.20. The van der Waals surface area contributed by atoms with Gasteiger partial charge in [-0.2, -0.15) is 0 Å². The first kappa shape index (κ1) is 15.4. The second-order valence-electron chi connectivity index (χ2n) is 5.08. The van der Waals surface area contributed by atoms with E-state index >= 15 is 0 Å². The van der Waals surface area contributed by atoms with Crippen LogP contribution >= 0.6 is 11.6 Å². The number of benzene rings is 2. The smallest absolute Gasteiger partial charge is 0.337 e. The van der Waals surface area contributed by atoms with E-state index in [0.717, 1.165) is 16.7 Å². The van der Waals surface area contributed by atoms with E-state index in [1.807, 2.05) is 47.2 Å². The van der Waals surface area contributed by atoms with Crippen LogP contribution in [0.5, 0.6) is 5.75 Å². The Labute approximate surface area is 139 Å². The lowest BCUT2D eigenvalue weighted by molar-refractivity contribution is 0.0601. The maximum atomic E-state index is 11.7. The fourth-order valence-electron chi connectivity index (χ4n) is 2.44. The zero-order chi connectivity index (χ0) is 16.2. The first-order chi connectivity index (χ1) is 11.2. The highest BCUT2D eigenvalue weighted by Gasteiger charge is 2.08. The van der Waals surface area contributed by atoms with Crippen molar-refractivity contribution in [2.45, 2.75) is 6.54 Å². The van der Waals surface area contributed by atoms with Gasteiger partial charge in [0.1, 0.15) is 12.4 Å². The number of nitrogens with zero attached hydrogens (tertiary/aromatic N) is 1. The number of carbonyl (C=O) groups excluding carboxylic acids is 1. The van der Waals surface area contributed by atoms with Gasteiger partial charge in [0.05, 0.1) is 19.2 Å². The van der Waals surface area contributed by atoms with E-state index in [1.54, 1.807) is 12.1 Å². The second-order valence-corrected chi connectivity index (χ2v) is 5.52. The van der Waals surface area contributed by atoms with Gasteiger partial charge >= 0.3 is 5.97 Å². The molecule has 0 radical (unpaired) electrons. The summed E-state index contributed by atoms with van der Waals surface area (Å²) in [4.78, 5) is 11.7. The van der Waals surface area contributed by atoms with E-state index in [9.17, 15) is 4.79 Å². The Kier molecular flexibility index (Phi) is 4.53. The van der Waals surface area contributed by atoms with E-state index in [-0.39, 0.29) is 5.97 Å². The molecule has 0 atom stereocenters. The molecule has 118 valence electrons. The molecule has 0 N–H and O–H groups in total. The average Bonchev–Trinajstić information content (AvgIpc) is 2.96. The first-order valence-electron chi connectivity index (χ1n) is 7.23. The van der Waals surface area contributed by atoms with Gasteiger partial charge in [-0.25, -0.2) is 4.79 Å². The molecular weight excluding hydrogens is 314 g/mol. The van der Waals surface area contributed by atoms with Crippen LogP contribution in [-0.2, 0) is 11.3 Å². The number of aromatic nitrogens is 1. The summed E-state index contributed by atoms with van der Waals surface area (Å²) in [6.07, 6.45) is 1.98. The first-order valence-corrected chi connectivity index (χ1v) is 7.61. The Morgan fingerprint density at radius 1 is 1.17 bits per heavy atom. The summed E-state index contributed by atoms with van der Waals surface area (Å²) >= 11 is 5.93. The lowest BCUT2D eigenvalue weighted by Gasteiger charge is -2.09. The molecule has 0 bridgehead atoms. The molecule has 1 heterocycles. The van der Waals surface area contributed by atoms with Crippen LogP contribution in [0.4, 0.5) is 0 Å². The van der Waals surface area contributed by atoms with Gasteiger partial charge < -0.3 is 14.0 Å². The molecule has 0 aliphatic rings. The summed E-state index contributed by atoms with van der Waals surface area (Å²) in [5, 5.41) is 1.72. The molecule has 0 fully saturated rings. The number of hydrogen-bond donors (Lipinski definition) is 0. The van der Waals surface area contributed by atoms with Crippen LogP contribution in [0, 0.1) is 0 Å². The minimum absolute atomic E-state index is 0.338. The van der Waals surface area contributed by atoms with Crippen molar-refractivity contribution >= 4 is 28.5 Å². The van der Waals surface area contributed by atoms with Crippen LogP contribution < -0.4 is 4.74 Å². The third-order valence-corrected chi connectivity index (χ3v) is 3.83. The van der Waals surface area contributed by atoms with Gasteiger partial charge in [0.25, 0.3) is 0 Å². The number of carbonyl (C=O) groups is 1. The monoisotopic (exact) mass is 329 g/mol. The normalized spacial score (nSPS) is 10.7. The third-order valence-electron chi connectivity index (χ3n) is 3.59. The number of hydrogen-bond acceptors (Lipinski definition) is 3. The topological polar surface area (TPSA) is 40.5 Å². The van der Waals surface area contributed by atoms with E-state index in [2.05, 4.69) is 0 Å². The number of halogens is 1. The minimum atomic E-state index is -0.338. The zero-order valence-electron chi connectivity index (χ0n) is 12.7. The van der Waals surface area contributed by atoms with Crippen molar-refractivity contribution in [2.75, 3.05) is 13.7 Å². The largest absolute Gasteiger partial charge is 0.492 e. The van der Waals surface area contributed by atoms with Gasteiger partial charge in [0.2, 0.25) is 0 Å². The van der Waals surface area contributed by atoms with Gasteiger partial charge in [-0.05, 0) is 41.8 Å². The predicted octanol–water partition coefficient (Wildman–Crippen LogP) is 4.16. The van der Waals surface area contributed by atoms with Gasteiger partial charge in [0, 0.05) is 16.7 Å². The van der Waals surface area contributed by atoms with E-state index in [0.29, 0.717) is 23.7 Å². The molecule has 5 heteroatoms. The molecule has 0 amide bonds. The highest BCUT2D eigenvalue weighted by molar-refractivity contribution is 6.30. The molecular formula is C18H16ClNO3. The Balaban J connectivity index is 1.73. The molecule has 0 aliphatic carbocycles. The van der Waals surface area contributed by atoms with Crippen LogP contribution in [0.15, 0.2) is 54.7 Å². The number of methoxy groups -OCH3 is 1. The fraction of sp³-hybridized carbons (Fsp3) is 0.167. The summed E-state index contributed by atoms with van der Waals surface area (Å²) in [5.41, 5.74) is 1.51. The van der Waals surface area contributed by atoms with Crippen LogP contribution in [0.25, 0.3) is 10.9 Å². The van der Waals surface area contributed by atoms with Crippen molar-refractivity contribution in [1.29, 1.82) is 0 Å². The number of ether oxygens (including phenoxy) is 2. The van der Waals surface area contributed by atoms with Gasteiger partial charge in [0.15, 0.2) is 0 Å². The highest BCUT2D eigenvalue weighted by atomic mass is 35.5. The van der Waals surface area contributed by atoms with Crippen molar-refractivity contribution in [2.24, 2.45) is 0 Å². The molecule has 3 aromatic rings. The van der Waals surface area contributed by atoms with E-state index in [1.165, 1.54) is 7.11 Å². The molecule has 0 saturated heterocycles. The quantitative estimate of drug-likeness (QED) is 0.660. The molecule has 23 heavy (non-hydrogen) atoms. The van der Waals surface area contributed by atoms with Gasteiger partial charge in [-0.1, -0.05) is 23.7 Å². The van der Waals surface area contributed by atoms with Crippen molar-refractivity contribution in [3.63, 3.8) is 0 Å². The standard InChI is InChI=1S/C18H16ClNO3/c1-22-18(21)14-6-5-13-7-8-20(17(13)11-14)9-10-23-16-4-2-3-15(19)12-16/h2-8,11-12H,9-10H2,1H3. The summed E-state index contributed by atoms with van der Waals surface area (Å²) in [5.74, 6) is 0.402. The molecule has 3 rings (SSSR count). The Morgan fingerprint density at radius 3 is 2.83 bits per heavy atom. The van der Waals surface area contributed by atoms with Crippen LogP contribution in [0.3, 0.4) is 0 Å². The van der Waals surface area contributed by atoms with Crippen LogP contribution in [0.2, 0.25) is 5.02 Å². The van der Waals surface area contributed by atoms with Crippen molar-refractivity contribution < 1.29 is 14.3 Å². The summed E-state index contributed by atoms with van der Waals surface area (Å²) in [6, 6.07) is 14.8. The van der Waals surface area contributed by atoms with Gasteiger partial charge in [-0.15, -0.1) is 0 Å². The van der Waals surface area contributed by atoms with Crippen LogP contribution in [-0.4, -0.2) is 24.3 Å². The molecule has 0 aliphatic heterocycles. The Bertz CT molecular complexity index is 841. The van der Waals surface area contributed by atoms with E-state index in [4.69, 9.17) is 21.1 Å². The maximum absolute atomic E-state index is 11.7. The molecule has 0 saturated carbocycles. The number of rotatable bonds is 5. The third kappa shape index (κ3) is 3.48. The summed E-state index contributed by atoms with van der Waals surface area (Å²) in [7, 11) is 1.38. The summed E-state index contributed by atoms with van der Waals surface area (Å²) < 4.78 is 12.5. The van der Waals surface area contributed by atoms with Crippen molar-refractivity contribution in [3.05, 3.63) is 65.3 Å². The van der Waals surface area contributed by atoms with E-state index < -0.39 is 0 Å². The van der Waals surface area contributed by atoms with Gasteiger partial charge in [-0.3, -0.25) is 0 Å². The lowest BCUT2D eigenvalue weighted by atomic mass is 10.1. The SMILES string of the molecule is COC(=O)c1ccc2ccn(CCOc3cccc(Cl)c3)c2c1. The Hall–Kier alpha value is -2.46. The molecule has 0 unspecified atom stereocenters. The maximum Gasteiger partial charge on any atom is 0.337 e. The van der Waals surface area contributed by atoms with Crippen molar-refractivity contribution in [1.82, 2.24) is 4.57 Å². The summed E-state index contributed by atoms with van der Waals surface area (Å²) in [6.45, 7) is 1.17. The number of fused-ring (bicyclic) bond motifs is 1. The van der Waals surface area contributed by atoms with Crippen molar-refractivity contribution in [3.8, 4) is 5.75 Å². The number of esters is 1. The molecule has 4 nitrogen and oxygen atoms in total. The Morgan fingerprint density at radius 2 is 2.04 bits per heavy atom.